The van der Waals surface area contributed by atoms with Gasteiger partial charge in [-0.25, -0.2) is 0 Å². The molecule has 0 aliphatic carbocycles. The lowest BCUT2D eigenvalue weighted by molar-refractivity contribution is -0.175. The van der Waals surface area contributed by atoms with Gasteiger partial charge in [0, 0.05) is 31.4 Å². The molecule has 0 spiro atoms. The predicted molar refractivity (Wildman–Crippen MR) is 79.4 cm³/mol. The Labute approximate surface area is 124 Å². The number of nitrogens with one attached hydrogen (secondary N) is 1. The van der Waals surface area contributed by atoms with Gasteiger partial charge in [0.15, 0.2) is 0 Å². The smallest absolute Gasteiger partial charge is 0.371 e. The molecule has 0 amide bonds. The molecule has 1 aromatic rings. The molecular weight excluding hydrogens is 277 g/mol. The molecule has 0 aromatic heterocycles. The van der Waals surface area contributed by atoms with Crippen LogP contribution < -0.4 is 10.2 Å². The lowest BCUT2D eigenvalue weighted by atomic mass is 9.97. The van der Waals surface area contributed by atoms with Crippen LogP contribution in [0.25, 0.3) is 0 Å². The number of hydrogen-bond acceptors (Lipinski definition) is 2. The van der Waals surface area contributed by atoms with Gasteiger partial charge in [0.2, 0.25) is 0 Å². The van der Waals surface area contributed by atoms with Crippen molar-refractivity contribution in [3.05, 3.63) is 29.8 Å². The van der Waals surface area contributed by atoms with Crippen LogP contribution >= 0.6 is 0 Å². The maximum absolute atomic E-state index is 12.8. The van der Waals surface area contributed by atoms with Crippen LogP contribution in [0.4, 0.5) is 18.9 Å². The van der Waals surface area contributed by atoms with Gasteiger partial charge in [-0.1, -0.05) is 26.0 Å². The van der Waals surface area contributed by atoms with Crippen molar-refractivity contribution < 1.29 is 13.2 Å². The fourth-order valence-electron chi connectivity index (χ4n) is 2.63. The van der Waals surface area contributed by atoms with Crippen molar-refractivity contribution in [2.45, 2.75) is 45.5 Å². The van der Waals surface area contributed by atoms with E-state index in [1.807, 2.05) is 29.2 Å². The minimum absolute atomic E-state index is 0.0765. The highest BCUT2D eigenvalue weighted by Gasteiger charge is 2.41. The number of rotatable bonds is 4. The van der Waals surface area contributed by atoms with Crippen molar-refractivity contribution in [2.75, 3.05) is 18.0 Å². The monoisotopic (exact) mass is 300 g/mol. The van der Waals surface area contributed by atoms with Crippen molar-refractivity contribution >= 4 is 5.69 Å². The average Bonchev–Trinajstić information content (AvgIpc) is 2.45. The molecule has 2 nitrogen and oxygen atoms in total. The Morgan fingerprint density at radius 2 is 1.90 bits per heavy atom. The zero-order valence-electron chi connectivity index (χ0n) is 12.6. The number of halogens is 3. The molecule has 1 aliphatic heterocycles. The summed E-state index contributed by atoms with van der Waals surface area (Å²) in [6.07, 6.45) is -3.24. The zero-order chi connectivity index (χ0) is 15.5. The fraction of sp³-hybridized carbons (Fsp3) is 0.625. The number of piperidine rings is 1. The van der Waals surface area contributed by atoms with E-state index in [4.69, 9.17) is 0 Å². The Hall–Kier alpha value is -1.23. The van der Waals surface area contributed by atoms with E-state index in [1.54, 1.807) is 0 Å². The second-order valence-electron chi connectivity index (χ2n) is 6.03. The Kier molecular flexibility index (Phi) is 5.14. The topological polar surface area (TPSA) is 15.3 Å². The van der Waals surface area contributed by atoms with Gasteiger partial charge in [0.25, 0.3) is 0 Å². The largest absolute Gasteiger partial charge is 0.393 e. The first kappa shape index (κ1) is 16.1. The maximum atomic E-state index is 12.8. The molecule has 1 heterocycles. The van der Waals surface area contributed by atoms with Gasteiger partial charge in [-0.3, -0.25) is 0 Å². The second kappa shape index (κ2) is 6.69. The third-order valence-electron chi connectivity index (χ3n) is 3.90. The van der Waals surface area contributed by atoms with Crippen LogP contribution in [0.2, 0.25) is 0 Å². The molecule has 1 N–H and O–H groups in total. The molecule has 0 radical (unpaired) electrons. The summed E-state index contributed by atoms with van der Waals surface area (Å²) < 4.78 is 38.5. The average molecular weight is 300 g/mol. The highest BCUT2D eigenvalue weighted by Crippen LogP contribution is 2.34. The molecule has 1 aromatic carbocycles. The molecule has 1 saturated heterocycles. The Morgan fingerprint density at radius 3 is 2.48 bits per heavy atom. The van der Waals surface area contributed by atoms with Crippen molar-refractivity contribution in [2.24, 2.45) is 5.92 Å². The minimum atomic E-state index is -4.08. The van der Waals surface area contributed by atoms with Crippen LogP contribution in [0.15, 0.2) is 24.3 Å². The fourth-order valence-corrected chi connectivity index (χ4v) is 2.63. The first-order valence-electron chi connectivity index (χ1n) is 7.50. The number of anilines is 1. The van der Waals surface area contributed by atoms with Crippen LogP contribution in [0.3, 0.4) is 0 Å². The summed E-state index contributed by atoms with van der Waals surface area (Å²) in [5.41, 5.74) is 2.04. The zero-order valence-corrected chi connectivity index (χ0v) is 12.6. The first-order chi connectivity index (χ1) is 9.86. The molecular formula is C16H23F3N2. The standard InChI is InChI=1S/C16H23F3N2/c1-12(2)20-10-13-5-7-15(8-6-13)21-9-3-4-14(11-21)16(17,18)19/h5-8,12,14,20H,3-4,9-11H2,1-2H3. The maximum Gasteiger partial charge on any atom is 0.393 e. The van der Waals surface area contributed by atoms with Crippen LogP contribution in [-0.2, 0) is 6.54 Å². The van der Waals surface area contributed by atoms with Crippen LogP contribution in [0.1, 0.15) is 32.3 Å². The van der Waals surface area contributed by atoms with E-state index in [2.05, 4.69) is 19.2 Å². The number of hydrogen-bond donors (Lipinski definition) is 1. The molecule has 1 unspecified atom stereocenters. The van der Waals surface area contributed by atoms with Gasteiger partial charge < -0.3 is 10.2 Å². The highest BCUT2D eigenvalue weighted by atomic mass is 19.4. The van der Waals surface area contributed by atoms with E-state index in [1.165, 1.54) is 0 Å². The molecule has 0 saturated carbocycles. The number of alkyl halides is 3. The van der Waals surface area contributed by atoms with E-state index in [9.17, 15) is 13.2 Å². The number of benzene rings is 1. The summed E-state index contributed by atoms with van der Waals surface area (Å²) in [6, 6.07) is 8.25. The van der Waals surface area contributed by atoms with E-state index < -0.39 is 12.1 Å². The molecule has 118 valence electrons. The van der Waals surface area contributed by atoms with E-state index in [0.717, 1.165) is 17.8 Å². The summed E-state index contributed by atoms with van der Waals surface area (Å²) in [7, 11) is 0. The second-order valence-corrected chi connectivity index (χ2v) is 6.03. The molecule has 2 rings (SSSR count). The van der Waals surface area contributed by atoms with Gasteiger partial charge in [-0.15, -0.1) is 0 Å². The van der Waals surface area contributed by atoms with Crippen molar-refractivity contribution in [3.63, 3.8) is 0 Å². The Bertz CT molecular complexity index is 440. The molecule has 1 aliphatic rings. The molecule has 21 heavy (non-hydrogen) atoms. The Morgan fingerprint density at radius 1 is 1.24 bits per heavy atom. The summed E-state index contributed by atoms with van der Waals surface area (Å²) in [5, 5.41) is 3.33. The van der Waals surface area contributed by atoms with Crippen LogP contribution in [-0.4, -0.2) is 25.3 Å². The van der Waals surface area contributed by atoms with E-state index >= 15 is 0 Å². The normalized spacial score (nSPS) is 20.1. The van der Waals surface area contributed by atoms with Crippen LogP contribution in [0.5, 0.6) is 0 Å². The summed E-state index contributed by atoms with van der Waals surface area (Å²) >= 11 is 0. The van der Waals surface area contributed by atoms with Crippen molar-refractivity contribution in [3.8, 4) is 0 Å². The molecule has 0 bridgehead atoms. The summed E-state index contributed by atoms with van der Waals surface area (Å²) in [6.45, 7) is 5.73. The lowest BCUT2D eigenvalue weighted by Gasteiger charge is -2.35. The lowest BCUT2D eigenvalue weighted by Crippen LogP contribution is -2.41. The molecule has 1 atom stereocenters. The first-order valence-corrected chi connectivity index (χ1v) is 7.50. The van der Waals surface area contributed by atoms with Gasteiger partial charge in [-0.2, -0.15) is 13.2 Å². The number of nitrogens with zero attached hydrogens (tertiary/aromatic N) is 1. The third-order valence-corrected chi connectivity index (χ3v) is 3.90. The molecule has 1 fully saturated rings. The van der Waals surface area contributed by atoms with Gasteiger partial charge >= 0.3 is 6.18 Å². The minimum Gasteiger partial charge on any atom is -0.371 e. The van der Waals surface area contributed by atoms with Crippen molar-refractivity contribution in [1.82, 2.24) is 5.32 Å². The predicted octanol–water partition coefficient (Wildman–Crippen LogP) is 3.96. The third kappa shape index (κ3) is 4.63. The summed E-state index contributed by atoms with van der Waals surface area (Å²) in [5.74, 6) is -1.20. The van der Waals surface area contributed by atoms with Crippen LogP contribution in [0, 0.1) is 5.92 Å². The quantitative estimate of drug-likeness (QED) is 0.905. The highest BCUT2D eigenvalue weighted by molar-refractivity contribution is 5.48. The van der Waals surface area contributed by atoms with E-state index in [0.29, 0.717) is 19.0 Å². The van der Waals surface area contributed by atoms with Crippen molar-refractivity contribution in [1.29, 1.82) is 0 Å². The summed E-state index contributed by atoms with van der Waals surface area (Å²) in [4.78, 5) is 1.85. The SMILES string of the molecule is CC(C)NCc1ccc(N2CCCC(C(F)(F)F)C2)cc1. The van der Waals surface area contributed by atoms with E-state index in [-0.39, 0.29) is 13.0 Å². The van der Waals surface area contributed by atoms with Gasteiger partial charge in [0.05, 0.1) is 5.92 Å². The van der Waals surface area contributed by atoms with Gasteiger partial charge in [-0.05, 0) is 30.5 Å². The molecule has 5 heteroatoms. The Balaban J connectivity index is 1.98. The van der Waals surface area contributed by atoms with Gasteiger partial charge in [0.1, 0.15) is 0 Å².